The van der Waals surface area contributed by atoms with Gasteiger partial charge in [0.1, 0.15) is 6.10 Å². The number of allylic oxidation sites excluding steroid dienone is 2. The molecule has 5 fully saturated rings. The van der Waals surface area contributed by atoms with E-state index in [1.807, 2.05) is 19.2 Å². The highest BCUT2D eigenvalue weighted by Crippen LogP contribution is 2.77. The number of thiazole rings is 1. The first-order valence-corrected chi connectivity index (χ1v) is 21.2. The summed E-state index contributed by atoms with van der Waals surface area (Å²) in [4.78, 5) is 43.8. The van der Waals surface area contributed by atoms with Gasteiger partial charge in [0.2, 0.25) is 0 Å². The van der Waals surface area contributed by atoms with Crippen molar-refractivity contribution in [1.29, 1.82) is 0 Å². The molecule has 5 saturated carbocycles. The van der Waals surface area contributed by atoms with Crippen LogP contribution in [0.1, 0.15) is 139 Å². The molecule has 4 N–H and O–H groups in total. The second kappa shape index (κ2) is 12.6. The van der Waals surface area contributed by atoms with E-state index in [0.717, 1.165) is 69.2 Å². The monoisotopic (exact) mass is 735 g/mol. The van der Waals surface area contributed by atoms with Crippen molar-refractivity contribution < 1.29 is 24.2 Å². The molecule has 10 atom stereocenters. The number of hydrogen-bond donors (Lipinski definition) is 3. The molecular formula is C43H65N3O5S. The third-order valence-electron chi connectivity index (χ3n) is 17.3. The zero-order valence-electron chi connectivity index (χ0n) is 33.3. The van der Waals surface area contributed by atoms with E-state index in [4.69, 9.17) is 10.5 Å². The van der Waals surface area contributed by atoms with Crippen LogP contribution < -0.4 is 11.1 Å². The summed E-state index contributed by atoms with van der Waals surface area (Å²) in [5.74, 6) is 0.180. The van der Waals surface area contributed by atoms with Crippen molar-refractivity contribution in [2.24, 2.45) is 68.0 Å². The molecule has 1 heterocycles. The van der Waals surface area contributed by atoms with Crippen LogP contribution in [0, 0.1) is 68.0 Å². The van der Waals surface area contributed by atoms with Crippen molar-refractivity contribution >= 4 is 34.2 Å². The van der Waals surface area contributed by atoms with Gasteiger partial charge in [-0.15, -0.1) is 11.3 Å². The molecule has 6 aliphatic rings. The van der Waals surface area contributed by atoms with Gasteiger partial charge >= 0.3 is 11.9 Å². The highest BCUT2D eigenvalue weighted by Gasteiger charge is 2.70. The minimum atomic E-state index is -0.817. The third-order valence-corrected chi connectivity index (χ3v) is 18.0. The van der Waals surface area contributed by atoms with Crippen molar-refractivity contribution in [1.82, 2.24) is 10.3 Å². The molecule has 1 aromatic heterocycles. The van der Waals surface area contributed by atoms with Gasteiger partial charge in [-0.05, 0) is 122 Å². The highest BCUT2D eigenvalue weighted by atomic mass is 32.1. The van der Waals surface area contributed by atoms with Crippen LogP contribution in [0.15, 0.2) is 16.5 Å². The summed E-state index contributed by atoms with van der Waals surface area (Å²) < 4.78 is 6.42. The summed E-state index contributed by atoms with van der Waals surface area (Å²) in [7, 11) is 0. The molecule has 0 aliphatic heterocycles. The van der Waals surface area contributed by atoms with E-state index >= 15 is 0 Å². The second-order valence-electron chi connectivity index (χ2n) is 20.4. The molecule has 9 heteroatoms. The van der Waals surface area contributed by atoms with E-state index in [0.29, 0.717) is 48.1 Å². The minimum absolute atomic E-state index is 0.0529. The Bertz CT molecular complexity index is 1660. The first-order chi connectivity index (χ1) is 24.2. The topological polar surface area (TPSA) is 132 Å². The third kappa shape index (κ3) is 5.42. The molecule has 6 aliphatic carbocycles. The Labute approximate surface area is 315 Å². The number of carboxylic acids is 1. The highest BCUT2D eigenvalue weighted by molar-refractivity contribution is 7.13. The van der Waals surface area contributed by atoms with Gasteiger partial charge in [-0.1, -0.05) is 67.9 Å². The summed E-state index contributed by atoms with van der Waals surface area (Å²) >= 11 is 1.48. The summed E-state index contributed by atoms with van der Waals surface area (Å²) in [6.07, 6.45) is 10.6. The molecule has 288 valence electrons. The average Bonchev–Trinajstić information content (AvgIpc) is 3.60. The Morgan fingerprint density at radius 1 is 0.962 bits per heavy atom. The molecule has 0 radical (unpaired) electrons. The van der Waals surface area contributed by atoms with Crippen LogP contribution in [-0.2, 0) is 25.7 Å². The van der Waals surface area contributed by atoms with Gasteiger partial charge in [0, 0.05) is 29.2 Å². The minimum Gasteiger partial charge on any atom is -0.481 e. The normalized spacial score (nSPS) is 41.8. The van der Waals surface area contributed by atoms with E-state index in [1.165, 1.54) is 23.3 Å². The number of ether oxygens (including phenoxy) is 1. The van der Waals surface area contributed by atoms with E-state index in [9.17, 15) is 19.5 Å². The molecule has 1 aromatic rings. The summed E-state index contributed by atoms with van der Waals surface area (Å²) in [6.45, 7) is 22.3. The predicted molar refractivity (Wildman–Crippen MR) is 205 cm³/mol. The number of nitrogens with two attached hydrogens (primary N) is 1. The fourth-order valence-electron chi connectivity index (χ4n) is 14.2. The van der Waals surface area contributed by atoms with E-state index in [1.54, 1.807) is 0 Å². The van der Waals surface area contributed by atoms with Crippen LogP contribution in [0.25, 0.3) is 0 Å². The van der Waals surface area contributed by atoms with Gasteiger partial charge in [-0.25, -0.2) is 4.98 Å². The zero-order chi connectivity index (χ0) is 37.8. The zero-order valence-corrected chi connectivity index (χ0v) is 34.1. The van der Waals surface area contributed by atoms with Gasteiger partial charge in [0.05, 0.1) is 17.5 Å². The molecule has 0 unspecified atom stereocenters. The Morgan fingerprint density at radius 3 is 2.33 bits per heavy atom. The van der Waals surface area contributed by atoms with Crippen LogP contribution in [0.2, 0.25) is 0 Å². The average molecular weight is 736 g/mol. The van der Waals surface area contributed by atoms with Crippen LogP contribution in [0.4, 0.5) is 5.13 Å². The Morgan fingerprint density at radius 2 is 1.69 bits per heavy atom. The van der Waals surface area contributed by atoms with Crippen molar-refractivity contribution in [2.45, 2.75) is 146 Å². The number of carboxylic acid groups (broad SMARTS) is 1. The molecule has 0 aromatic carbocycles. The number of nitrogens with one attached hydrogen (secondary N) is 1. The number of ketones is 1. The number of nitrogen functional groups attached to an aromatic ring is 1. The molecule has 0 bridgehead atoms. The van der Waals surface area contributed by atoms with E-state index < -0.39 is 17.3 Å². The lowest BCUT2D eigenvalue weighted by molar-refractivity contribution is -0.236. The van der Waals surface area contributed by atoms with E-state index in [-0.39, 0.29) is 51.0 Å². The van der Waals surface area contributed by atoms with Gasteiger partial charge in [0.25, 0.3) is 0 Å². The number of hydrogen-bond acceptors (Lipinski definition) is 8. The Balaban J connectivity index is 1.11. The van der Waals surface area contributed by atoms with Crippen molar-refractivity contribution in [3.8, 4) is 0 Å². The van der Waals surface area contributed by atoms with Gasteiger partial charge in [0.15, 0.2) is 10.9 Å². The van der Waals surface area contributed by atoms with Crippen LogP contribution in [0.5, 0.6) is 0 Å². The number of anilines is 1. The molecule has 0 amide bonds. The lowest BCUT2D eigenvalue weighted by Crippen LogP contribution is -2.66. The number of Topliss-reactive ketones (excluding diaryl/α,β-unsaturated/α-hetero) is 1. The van der Waals surface area contributed by atoms with Gasteiger partial charge < -0.3 is 20.9 Å². The second-order valence-corrected chi connectivity index (χ2v) is 21.3. The van der Waals surface area contributed by atoms with E-state index in [2.05, 4.69) is 58.8 Å². The number of nitrogens with zero attached hydrogens (tertiary/aromatic N) is 1. The number of esters is 1. The maximum absolute atomic E-state index is 14.0. The Kier molecular flexibility index (Phi) is 9.25. The standard InChI is InChI=1S/C43H65N3O5S/c1-24(2)33-29(47)21-43(18-19-45-22-25-23-52-37(44)46-25)17-16-41(8)26(34(33)43)10-11-31-40(7)14-13-32(39(5,6)30(40)12-15-42(31,41)9)51-36(50)28-20-27(35(48)49)38(28,3)4/h23-24,26-28,30-32,45H,10-22H2,1-9H3,(H2,44,46)(H,48,49)/t26-,27+,28-,30+,31-,32+,40+,41-,42-,43-/m1/s1. The van der Waals surface area contributed by atoms with Crippen molar-refractivity contribution in [3.05, 3.63) is 22.2 Å². The van der Waals surface area contributed by atoms with Gasteiger partial charge in [-0.2, -0.15) is 0 Å². The SMILES string of the molecule is CC(C)C1=C2[C@H]3CC[C@@H]4[C@@]5(C)CC[C@H](OC(=O)[C@H]6C[C@@H](C(=O)O)C6(C)C)C(C)(C)[C@@H]5CC[C@@]4(C)[C@]3(C)CC[C@@]2(CCNCc2csc(N)n2)CC1=O. The van der Waals surface area contributed by atoms with Crippen molar-refractivity contribution in [2.75, 3.05) is 12.3 Å². The lowest BCUT2D eigenvalue weighted by Gasteiger charge is -2.72. The smallest absolute Gasteiger partial charge is 0.309 e. The number of fused-ring (bicyclic) bond motifs is 7. The molecule has 0 saturated heterocycles. The first kappa shape index (κ1) is 38.0. The molecule has 52 heavy (non-hydrogen) atoms. The fraction of sp³-hybridized carbons (Fsp3) is 0.814. The maximum Gasteiger partial charge on any atom is 0.309 e. The molecular weight excluding hydrogens is 671 g/mol. The van der Waals surface area contributed by atoms with Crippen LogP contribution >= 0.6 is 11.3 Å². The van der Waals surface area contributed by atoms with Crippen LogP contribution in [-0.4, -0.2) is 40.5 Å². The quantitative estimate of drug-likeness (QED) is 0.169. The molecule has 0 spiro atoms. The first-order valence-electron chi connectivity index (χ1n) is 20.3. The molecule has 7 rings (SSSR count). The largest absolute Gasteiger partial charge is 0.481 e. The Hall–Kier alpha value is -2.26. The molecule has 8 nitrogen and oxygen atoms in total. The maximum atomic E-state index is 14.0. The summed E-state index contributed by atoms with van der Waals surface area (Å²) in [5.41, 5.74) is 9.14. The lowest BCUT2D eigenvalue weighted by atomic mass is 9.33. The predicted octanol–water partition coefficient (Wildman–Crippen LogP) is 8.84. The van der Waals surface area contributed by atoms with Crippen molar-refractivity contribution in [3.63, 3.8) is 0 Å². The number of aromatic nitrogens is 1. The number of rotatable bonds is 9. The number of carbonyl (C=O) groups excluding carboxylic acids is 2. The number of aliphatic carboxylic acids is 1. The number of carbonyl (C=O) groups is 3. The summed E-state index contributed by atoms with van der Waals surface area (Å²) in [5, 5.41) is 15.9. The van der Waals surface area contributed by atoms with Crippen LogP contribution in [0.3, 0.4) is 0 Å². The van der Waals surface area contributed by atoms with Gasteiger partial charge in [-0.3, -0.25) is 14.4 Å². The fourth-order valence-corrected chi connectivity index (χ4v) is 14.7. The summed E-state index contributed by atoms with van der Waals surface area (Å²) in [6, 6.07) is 0.